The van der Waals surface area contributed by atoms with Crippen molar-refractivity contribution in [3.63, 3.8) is 0 Å². The van der Waals surface area contributed by atoms with Gasteiger partial charge in [0.05, 0.1) is 0 Å². The van der Waals surface area contributed by atoms with Crippen LogP contribution in [0, 0.1) is 12.8 Å². The van der Waals surface area contributed by atoms with Crippen LogP contribution < -0.4 is 11.1 Å². The molecule has 0 bridgehead atoms. The van der Waals surface area contributed by atoms with Crippen LogP contribution in [0.1, 0.15) is 44.6 Å². The third-order valence-electron chi connectivity index (χ3n) is 4.50. The van der Waals surface area contributed by atoms with Gasteiger partial charge in [-0.1, -0.05) is 43.9 Å². The normalized spacial score (nSPS) is 27.3. The lowest BCUT2D eigenvalue weighted by Gasteiger charge is -2.41. The number of anilines is 1. The lowest BCUT2D eigenvalue weighted by Crippen LogP contribution is -2.49. The molecule has 2 rings (SSSR count). The third-order valence-corrected chi connectivity index (χ3v) is 4.90. The van der Waals surface area contributed by atoms with Crippen LogP contribution in [0.25, 0.3) is 0 Å². The van der Waals surface area contributed by atoms with E-state index in [0.717, 1.165) is 28.6 Å². The number of hydrogen-bond acceptors (Lipinski definition) is 2. The van der Waals surface area contributed by atoms with E-state index in [1.807, 2.05) is 13.0 Å². The summed E-state index contributed by atoms with van der Waals surface area (Å²) >= 11 is 6.20. The highest BCUT2D eigenvalue weighted by atomic mass is 35.5. The van der Waals surface area contributed by atoms with Gasteiger partial charge in [0, 0.05) is 22.8 Å². The molecule has 1 fully saturated rings. The second kappa shape index (κ2) is 6.15. The van der Waals surface area contributed by atoms with Crippen LogP contribution in [-0.4, -0.2) is 12.1 Å². The average Bonchev–Trinajstić information content (AvgIpc) is 2.43. The second-order valence-electron chi connectivity index (χ2n) is 5.94. The zero-order chi connectivity index (χ0) is 13.9. The minimum atomic E-state index is 0.0531. The molecule has 0 aliphatic heterocycles. The molecule has 1 aliphatic rings. The van der Waals surface area contributed by atoms with Crippen LogP contribution in [0.4, 0.5) is 5.69 Å². The van der Waals surface area contributed by atoms with Crippen LogP contribution in [0.2, 0.25) is 5.02 Å². The van der Waals surface area contributed by atoms with E-state index < -0.39 is 0 Å². The molecular formula is C16H25ClN2. The van der Waals surface area contributed by atoms with Crippen LogP contribution in [0.5, 0.6) is 0 Å². The van der Waals surface area contributed by atoms with Crippen molar-refractivity contribution < 1.29 is 0 Å². The fourth-order valence-electron chi connectivity index (χ4n) is 3.16. The zero-order valence-corrected chi connectivity index (χ0v) is 12.8. The number of benzene rings is 1. The number of rotatable bonds is 4. The lowest BCUT2D eigenvalue weighted by atomic mass is 9.74. The van der Waals surface area contributed by atoms with E-state index in [1.165, 1.54) is 25.7 Å². The molecule has 1 aromatic rings. The maximum absolute atomic E-state index is 6.20. The number of nitrogens with two attached hydrogens (primary N) is 1. The van der Waals surface area contributed by atoms with E-state index in [1.54, 1.807) is 0 Å². The molecule has 3 N–H and O–H groups in total. The summed E-state index contributed by atoms with van der Waals surface area (Å²) in [6.07, 6.45) is 6.19. The minimum Gasteiger partial charge on any atom is -0.378 e. The summed E-state index contributed by atoms with van der Waals surface area (Å²) in [4.78, 5) is 0. The predicted octanol–water partition coefficient (Wildman–Crippen LogP) is 4.36. The van der Waals surface area contributed by atoms with Gasteiger partial charge in [0.2, 0.25) is 0 Å². The molecule has 0 saturated heterocycles. The van der Waals surface area contributed by atoms with Gasteiger partial charge in [0.15, 0.2) is 0 Å². The highest BCUT2D eigenvalue weighted by Crippen LogP contribution is 2.36. The summed E-state index contributed by atoms with van der Waals surface area (Å²) in [6, 6.07) is 6.19. The quantitative estimate of drug-likeness (QED) is 0.860. The third kappa shape index (κ3) is 3.43. The Labute approximate surface area is 121 Å². The van der Waals surface area contributed by atoms with Crippen LogP contribution >= 0.6 is 11.6 Å². The Hall–Kier alpha value is -0.730. The molecule has 106 valence electrons. The summed E-state index contributed by atoms with van der Waals surface area (Å²) in [7, 11) is 0. The molecule has 1 aromatic carbocycles. The monoisotopic (exact) mass is 280 g/mol. The fourth-order valence-corrected chi connectivity index (χ4v) is 3.34. The smallest absolute Gasteiger partial charge is 0.0498 e. The van der Waals surface area contributed by atoms with Crippen molar-refractivity contribution in [2.75, 3.05) is 11.9 Å². The van der Waals surface area contributed by atoms with Crippen molar-refractivity contribution in [1.29, 1.82) is 0 Å². The van der Waals surface area contributed by atoms with E-state index in [2.05, 4.69) is 24.4 Å². The van der Waals surface area contributed by atoms with Gasteiger partial charge in [0.25, 0.3) is 0 Å². The molecule has 2 atom stereocenters. The lowest BCUT2D eigenvalue weighted by molar-refractivity contribution is 0.244. The number of aryl methyl sites for hydroxylation is 1. The first-order chi connectivity index (χ1) is 9.08. The summed E-state index contributed by atoms with van der Waals surface area (Å²) in [6.45, 7) is 4.99. The SMILES string of the molecule is CCC1CCCC(CN)(Nc2ccc(C)c(Cl)c2)C1. The molecule has 3 heteroatoms. The van der Waals surface area contributed by atoms with Gasteiger partial charge >= 0.3 is 0 Å². The van der Waals surface area contributed by atoms with E-state index in [4.69, 9.17) is 17.3 Å². The van der Waals surface area contributed by atoms with Gasteiger partial charge in [-0.05, 0) is 43.4 Å². The molecule has 2 nitrogen and oxygen atoms in total. The van der Waals surface area contributed by atoms with E-state index in [9.17, 15) is 0 Å². The second-order valence-corrected chi connectivity index (χ2v) is 6.35. The summed E-state index contributed by atoms with van der Waals surface area (Å²) < 4.78 is 0. The van der Waals surface area contributed by atoms with Crippen molar-refractivity contribution in [3.05, 3.63) is 28.8 Å². The molecule has 1 aliphatic carbocycles. The molecular weight excluding hydrogens is 256 g/mol. The summed E-state index contributed by atoms with van der Waals surface area (Å²) in [5.41, 5.74) is 8.34. The first-order valence-corrected chi connectivity index (χ1v) is 7.71. The predicted molar refractivity (Wildman–Crippen MR) is 83.8 cm³/mol. The van der Waals surface area contributed by atoms with Crippen molar-refractivity contribution in [3.8, 4) is 0 Å². The van der Waals surface area contributed by atoms with Crippen LogP contribution in [0.3, 0.4) is 0 Å². The standard InChI is InChI=1S/C16H25ClN2/c1-3-13-5-4-8-16(10-13,11-18)19-14-7-6-12(2)15(17)9-14/h6-7,9,13,19H,3-5,8,10-11,18H2,1-2H3. The van der Waals surface area contributed by atoms with Gasteiger partial charge < -0.3 is 11.1 Å². The van der Waals surface area contributed by atoms with E-state index in [-0.39, 0.29) is 5.54 Å². The topological polar surface area (TPSA) is 38.0 Å². The molecule has 0 amide bonds. The molecule has 1 saturated carbocycles. The van der Waals surface area contributed by atoms with Crippen molar-refractivity contribution in [1.82, 2.24) is 0 Å². The molecule has 2 unspecified atom stereocenters. The van der Waals surface area contributed by atoms with Gasteiger partial charge in [-0.25, -0.2) is 0 Å². The Morgan fingerprint density at radius 3 is 2.89 bits per heavy atom. The zero-order valence-electron chi connectivity index (χ0n) is 12.0. The van der Waals surface area contributed by atoms with E-state index >= 15 is 0 Å². The summed E-state index contributed by atoms with van der Waals surface area (Å²) in [5.74, 6) is 0.797. The molecule has 0 aromatic heterocycles. The summed E-state index contributed by atoms with van der Waals surface area (Å²) in [5, 5.41) is 4.49. The molecule has 19 heavy (non-hydrogen) atoms. The highest BCUT2D eigenvalue weighted by Gasteiger charge is 2.34. The molecule has 0 heterocycles. The Balaban J connectivity index is 2.15. The Bertz CT molecular complexity index is 433. The highest BCUT2D eigenvalue weighted by molar-refractivity contribution is 6.31. The van der Waals surface area contributed by atoms with Gasteiger partial charge in [-0.15, -0.1) is 0 Å². The van der Waals surface area contributed by atoms with Gasteiger partial charge in [-0.3, -0.25) is 0 Å². The first kappa shape index (κ1) is 14.7. The van der Waals surface area contributed by atoms with Gasteiger partial charge in [0.1, 0.15) is 0 Å². The maximum atomic E-state index is 6.20. The van der Waals surface area contributed by atoms with Crippen LogP contribution in [-0.2, 0) is 0 Å². The number of halogens is 1. The first-order valence-electron chi connectivity index (χ1n) is 7.33. The van der Waals surface area contributed by atoms with Crippen molar-refractivity contribution >= 4 is 17.3 Å². The van der Waals surface area contributed by atoms with E-state index in [0.29, 0.717) is 6.54 Å². The Morgan fingerprint density at radius 2 is 2.26 bits per heavy atom. The average molecular weight is 281 g/mol. The van der Waals surface area contributed by atoms with Crippen LogP contribution in [0.15, 0.2) is 18.2 Å². The number of nitrogens with one attached hydrogen (secondary N) is 1. The minimum absolute atomic E-state index is 0.0531. The Kier molecular flexibility index (Phi) is 4.75. The fraction of sp³-hybridized carbons (Fsp3) is 0.625. The molecule has 0 spiro atoms. The Morgan fingerprint density at radius 1 is 1.47 bits per heavy atom. The largest absolute Gasteiger partial charge is 0.378 e. The van der Waals surface area contributed by atoms with Gasteiger partial charge in [-0.2, -0.15) is 0 Å². The molecule has 0 radical (unpaired) electrons. The maximum Gasteiger partial charge on any atom is 0.0498 e. The van der Waals surface area contributed by atoms with Crippen molar-refractivity contribution in [2.24, 2.45) is 11.7 Å². The number of hydrogen-bond donors (Lipinski definition) is 2. The van der Waals surface area contributed by atoms with Crippen molar-refractivity contribution in [2.45, 2.75) is 51.5 Å².